The lowest BCUT2D eigenvalue weighted by Gasteiger charge is -2.36. The highest BCUT2D eigenvalue weighted by atomic mass is 31.3. The average Bonchev–Trinajstić information content (AvgIpc) is 1.64. The number of phosphoric ester groups is 1. The molecule has 0 radical (unpaired) electrons. The molecule has 2 aromatic carbocycles. The first kappa shape index (κ1) is 78.6. The summed E-state index contributed by atoms with van der Waals surface area (Å²) in [5, 5.41) is 102. The van der Waals surface area contributed by atoms with Gasteiger partial charge in [-0.25, -0.2) is 31.9 Å². The molecule has 1 aliphatic carbocycles. The van der Waals surface area contributed by atoms with Crippen molar-refractivity contribution in [3.63, 3.8) is 0 Å². The molecule has 42 nitrogen and oxygen atoms in total. The molecule has 4 fully saturated rings. The number of allylic oxidation sites excluding steroid dienone is 2. The van der Waals surface area contributed by atoms with Crippen LogP contribution in [0.25, 0.3) is 0 Å². The van der Waals surface area contributed by atoms with Gasteiger partial charge in [-0.2, -0.15) is 4.74 Å². The maximum Gasteiger partial charge on any atom is 0.431 e. The number of nitrogens with two attached hydrogens (primary N) is 2. The number of hydrogen-bond acceptors (Lipinski definition) is 34. The van der Waals surface area contributed by atoms with E-state index in [1.165, 1.54) is 24.3 Å². The molecule has 0 amide bonds. The molecule has 13 unspecified atom stereocenters. The van der Waals surface area contributed by atoms with Gasteiger partial charge >= 0.3 is 45.1 Å². The van der Waals surface area contributed by atoms with Crippen molar-refractivity contribution < 1.29 is 199 Å². The Hall–Kier alpha value is -3.62. The van der Waals surface area contributed by atoms with Gasteiger partial charge in [0, 0.05) is 17.8 Å². The number of carboxylic acids is 2. The summed E-state index contributed by atoms with van der Waals surface area (Å²) < 4.78 is 108. The van der Waals surface area contributed by atoms with Crippen LogP contribution in [0.3, 0.4) is 0 Å². The van der Waals surface area contributed by atoms with Crippen molar-refractivity contribution >= 4 is 76.0 Å². The van der Waals surface area contributed by atoms with Gasteiger partial charge in [0.1, 0.15) is 72.8 Å². The number of ether oxygens (including phenoxy) is 4. The lowest BCUT2D eigenvalue weighted by molar-refractivity contribution is -0.319. The van der Waals surface area contributed by atoms with Crippen LogP contribution in [0.5, 0.6) is 0 Å². The highest BCUT2D eigenvalue weighted by Crippen LogP contribution is 2.54. The fourth-order valence-electron chi connectivity index (χ4n) is 7.40. The van der Waals surface area contributed by atoms with Crippen LogP contribution in [0.15, 0.2) is 72.8 Å². The molecular formula is C40H62N3O39P6+. The van der Waals surface area contributed by atoms with E-state index in [9.17, 15) is 102 Å². The van der Waals surface area contributed by atoms with E-state index in [0.717, 1.165) is 24.4 Å². The number of aliphatic hydroxyl groups is 8. The molecule has 26 N–H and O–H groups in total. The van der Waals surface area contributed by atoms with Gasteiger partial charge in [-0.15, -0.1) is 0 Å². The molecule has 2 aromatic rings. The number of aromatic carboxylic acids is 1. The van der Waals surface area contributed by atoms with Gasteiger partial charge in [0.15, 0.2) is 24.2 Å². The minimum atomic E-state index is -5.61. The molecule has 0 aromatic heterocycles. The first-order valence-electron chi connectivity index (χ1n) is 23.9. The van der Waals surface area contributed by atoms with Gasteiger partial charge in [0.25, 0.3) is 20.5 Å². The molecule has 4 aliphatic heterocycles. The summed E-state index contributed by atoms with van der Waals surface area (Å²) in [6.07, 6.45) is -16.3. The molecule has 7 rings (SSSR count). The topological polar surface area (TPSA) is 766 Å². The zero-order valence-corrected chi connectivity index (χ0v) is 49.6. The molecule has 88 heavy (non-hydrogen) atoms. The van der Waals surface area contributed by atoms with Crippen LogP contribution >= 0.6 is 46.9 Å². The lowest BCUT2D eigenvalue weighted by Crippen LogP contribution is -2.53. The Labute approximate surface area is 493 Å². The third kappa shape index (κ3) is 26.2. The van der Waals surface area contributed by atoms with Crippen molar-refractivity contribution in [3.8, 4) is 0 Å². The summed E-state index contributed by atoms with van der Waals surface area (Å²) in [5.74, 6) is -2.52. The van der Waals surface area contributed by atoms with Crippen LogP contribution in [0, 0.1) is 12.0 Å². The van der Waals surface area contributed by atoms with Crippen molar-refractivity contribution in [1.29, 1.82) is 0 Å². The van der Waals surface area contributed by atoms with Crippen molar-refractivity contribution in [2.45, 2.75) is 91.7 Å². The van der Waals surface area contributed by atoms with Gasteiger partial charge in [-0.1, -0.05) is 24.3 Å². The molecule has 48 heteroatoms. The predicted molar refractivity (Wildman–Crippen MR) is 271 cm³/mol. The van der Waals surface area contributed by atoms with Crippen LogP contribution in [-0.4, -0.2) is 200 Å². The Morgan fingerprint density at radius 3 is 1.43 bits per heavy atom. The number of carbonyl (C=O) groups is 2. The van der Waals surface area contributed by atoms with Gasteiger partial charge < -0.3 is 135 Å². The quantitative estimate of drug-likeness (QED) is 0.0253. The maximum atomic E-state index is 11.6. The largest absolute Gasteiger partial charge is 0.756 e. The zero-order chi connectivity index (χ0) is 67.3. The van der Waals surface area contributed by atoms with E-state index in [4.69, 9.17) is 60.4 Å². The number of rotatable bonds is 20. The van der Waals surface area contributed by atoms with E-state index in [-0.39, 0.29) is 11.3 Å². The summed E-state index contributed by atoms with van der Waals surface area (Å²) >= 11 is 0. The molecule has 21 atom stereocenters. The second-order valence-corrected chi connectivity index (χ2v) is 26.1. The fourth-order valence-corrected chi connectivity index (χ4v) is 10.4. The Bertz CT molecular complexity index is 2970. The first-order valence-corrected chi connectivity index (χ1v) is 33.0. The molecule has 0 spiro atoms. The number of carboxylic acid groups (broad SMARTS) is 2. The number of quaternary nitrogens is 1. The van der Waals surface area contributed by atoms with Crippen molar-refractivity contribution in [2.75, 3.05) is 32.2 Å². The Kier molecular flexibility index (Phi) is 29.3. The van der Waals surface area contributed by atoms with Crippen LogP contribution in [0.2, 0.25) is 0 Å². The fraction of sp³-hybridized carbons (Fsp3) is 0.500. The summed E-state index contributed by atoms with van der Waals surface area (Å²) in [5.41, 5.74) is 9.72. The predicted octanol–water partition coefficient (Wildman–Crippen LogP) is -13.5. The Balaban J connectivity index is 0.000000295. The Morgan fingerprint density at radius 2 is 1.02 bits per heavy atom. The second kappa shape index (κ2) is 32.8. The van der Waals surface area contributed by atoms with Crippen LogP contribution in [0.1, 0.15) is 22.0 Å². The molecular weight excluding hydrogens is 1330 g/mol. The number of phosphoric acid groups is 1. The third-order valence-corrected chi connectivity index (χ3v) is 15.7. The average molecular weight is 1390 g/mol. The number of nitrogen functional groups attached to an aromatic ring is 1. The van der Waals surface area contributed by atoms with E-state index in [1.54, 1.807) is 36.4 Å². The van der Waals surface area contributed by atoms with Gasteiger partial charge in [-0.05, 0) is 42.0 Å². The maximum absolute atomic E-state index is 11.6. The molecule has 5 aliphatic rings. The normalized spacial score (nSPS) is 32.7. The van der Waals surface area contributed by atoms with Crippen molar-refractivity contribution in [1.82, 2.24) is 0 Å². The van der Waals surface area contributed by atoms with E-state index < -0.39 is 182 Å². The number of hydrogen-bond donors (Lipinski definition) is 12. The number of aliphatic hydroxyl groups excluding tert-OH is 8. The minimum absolute atomic E-state index is 0.259. The van der Waals surface area contributed by atoms with Crippen LogP contribution < -0.4 is 51.3 Å². The zero-order valence-electron chi connectivity index (χ0n) is 44.3. The van der Waals surface area contributed by atoms with Gasteiger partial charge in [0.05, 0.1) is 43.4 Å². The minimum Gasteiger partial charge on any atom is -0.756 e. The van der Waals surface area contributed by atoms with E-state index >= 15 is 0 Å². The standard InChI is InChI=1S/C12H16NO9P.C11H16NO7P.C7H7NO2.C5H13O14P3.C5H9O7P/c13-6-1-3-12(4-2-6,11(16)17)10-9(15)8(14)7(22-10)5-21-23(18,19)20;12-7-3-1-6(2-4-7)11-10(14)9(13)8(19-11)5-18-20(15,16)17;8-6-3-1-5(2-4-6)7(9)10;6-3-2(1-16-20(8,9)10)17-5(4(3)7)18-22(14,15)19-21(11,12)13;6-3-1-11-4(5(3)7)2-12-13(8,9)10/h1-4,7-10,13-15H,5H2,(H,16,17)(H2,18,19,20);1-4,8-11,13-14H,5,12H2,(H2,15,16,17);1-4H,8H2,(H,9,10);2-7H,1H2,(H,14,15)(H2,8,9,10)(H2,11,12,13);1,3-7H,2H2,(H-,8,9,10)/p+1/t7-,8-,9?,10?,12?;8-,9-,10-,11?;;2-,3?,4?,5?;3?,4-,5+/m11.11/s1. The molecule has 500 valence electrons. The highest BCUT2D eigenvalue weighted by molar-refractivity contribution is 7.59. The number of carbonyl (C=O) groups excluding carboxylic acids is 1. The van der Waals surface area contributed by atoms with Crippen LogP contribution in [-0.2, 0) is 78.1 Å². The second-order valence-electron chi connectivity index (χ2n) is 18.3. The molecule has 0 bridgehead atoms. The van der Waals surface area contributed by atoms with Crippen LogP contribution in [0.4, 0.5) is 11.4 Å². The number of benzene rings is 2. The first-order chi connectivity index (χ1) is 40.1. The highest BCUT2D eigenvalue weighted by Gasteiger charge is 2.53. The summed E-state index contributed by atoms with van der Waals surface area (Å²) in [6.45, 7) is -1.65. The smallest absolute Gasteiger partial charge is 0.431 e. The van der Waals surface area contributed by atoms with Crippen molar-refractivity contribution in [2.24, 2.45) is 5.41 Å². The number of anilines is 1. The third-order valence-electron chi connectivity index (χ3n) is 11.6. The molecule has 4 heterocycles. The molecule has 4 saturated heterocycles. The van der Waals surface area contributed by atoms with Gasteiger partial charge in [-0.3, -0.25) is 32.6 Å². The Morgan fingerprint density at radius 1 is 0.602 bits per heavy atom. The van der Waals surface area contributed by atoms with E-state index in [0.29, 0.717) is 11.3 Å². The lowest BCUT2D eigenvalue weighted by atomic mass is 9.76. The summed E-state index contributed by atoms with van der Waals surface area (Å²) in [6, 6.07) is 12.9. The van der Waals surface area contributed by atoms with E-state index in [2.05, 4.69) is 42.1 Å². The van der Waals surface area contributed by atoms with Gasteiger partial charge in [0.2, 0.25) is 0 Å². The van der Waals surface area contributed by atoms with E-state index in [1.807, 2.05) is 0 Å². The SMILES string of the molecule is Nc1ccc(C(=O)O)cc1.O=P([O-])([OH2+])OC[C@H]1OC(OP(=O)([O-])OP(=O)([O-])[OH2+])C(O)C1O.O=P([O-])([OH2+])OC[C@H]1O[CH+]C(O)[C@@H]1O.[NH2+]=C1C=CC(C(=O)[O-])(C2O[C@H](COP(=O)([O-])[OH2+])[C@@H](O)C2O)C=C1.[NH3+]c1ccc(C2O[C@H](COP(=O)([O-])[OH2+])[C@@H](O)[C@H]2O)cc1. The molecule has 0 saturated carbocycles. The summed E-state index contributed by atoms with van der Waals surface area (Å²) in [4.78, 5) is 118. The number of aliphatic carboxylic acids is 1. The monoisotopic (exact) mass is 1390 g/mol. The van der Waals surface area contributed by atoms with Crippen molar-refractivity contribution in [3.05, 3.63) is 90.6 Å². The summed E-state index contributed by atoms with van der Waals surface area (Å²) in [7, 11) is -30.0.